The summed E-state index contributed by atoms with van der Waals surface area (Å²) in [6.45, 7) is 4.83. The van der Waals surface area contributed by atoms with Crippen molar-refractivity contribution in [3.63, 3.8) is 0 Å². The molecule has 0 saturated heterocycles. The molecule has 0 aromatic carbocycles. The molecule has 118 valence electrons. The molecule has 0 rings (SSSR count). The van der Waals surface area contributed by atoms with Crippen LogP contribution >= 0.6 is 0 Å². The minimum absolute atomic E-state index is 0.123. The number of carbonyl (C=O) groups is 3. The molecule has 0 spiro atoms. The molecular formula is C12H22O8. The highest BCUT2D eigenvalue weighted by atomic mass is 16.6. The molecule has 0 aromatic rings. The van der Waals surface area contributed by atoms with Crippen LogP contribution in [0.15, 0.2) is 0 Å². The van der Waals surface area contributed by atoms with Gasteiger partial charge in [-0.15, -0.1) is 0 Å². The summed E-state index contributed by atoms with van der Waals surface area (Å²) in [5.41, 5.74) is 0. The number of esters is 3. The Morgan fingerprint density at radius 3 is 1.50 bits per heavy atom. The Bertz CT molecular complexity index is 282. The predicted molar refractivity (Wildman–Crippen MR) is 67.6 cm³/mol. The van der Waals surface area contributed by atoms with Crippen molar-refractivity contribution in [2.45, 2.75) is 39.9 Å². The summed E-state index contributed by atoms with van der Waals surface area (Å²) >= 11 is 0. The Balaban J connectivity index is 0. The average molecular weight is 294 g/mol. The van der Waals surface area contributed by atoms with Gasteiger partial charge in [0.25, 0.3) is 0 Å². The van der Waals surface area contributed by atoms with E-state index in [2.05, 4.69) is 9.47 Å². The second kappa shape index (κ2) is 12.4. The molecule has 0 aromatic heterocycles. The molecule has 0 amide bonds. The zero-order valence-electron chi connectivity index (χ0n) is 12.1. The van der Waals surface area contributed by atoms with Gasteiger partial charge in [-0.3, -0.25) is 14.4 Å². The molecule has 0 heterocycles. The van der Waals surface area contributed by atoms with Crippen LogP contribution in [0.25, 0.3) is 0 Å². The van der Waals surface area contributed by atoms with E-state index in [1.807, 2.05) is 0 Å². The molecule has 0 saturated carbocycles. The molecule has 0 bridgehead atoms. The van der Waals surface area contributed by atoms with Crippen molar-refractivity contribution in [1.82, 2.24) is 0 Å². The third-order valence-electron chi connectivity index (χ3n) is 1.54. The molecule has 0 aliphatic heterocycles. The van der Waals surface area contributed by atoms with E-state index >= 15 is 0 Å². The first-order valence-corrected chi connectivity index (χ1v) is 5.91. The van der Waals surface area contributed by atoms with E-state index in [1.54, 1.807) is 0 Å². The number of aliphatic hydroxyl groups is 2. The second-order valence-electron chi connectivity index (χ2n) is 3.87. The zero-order valence-corrected chi connectivity index (χ0v) is 12.1. The molecule has 0 aliphatic rings. The van der Waals surface area contributed by atoms with Gasteiger partial charge in [-0.05, 0) is 6.92 Å². The minimum atomic E-state index is -0.754. The van der Waals surface area contributed by atoms with Crippen LogP contribution < -0.4 is 0 Å². The van der Waals surface area contributed by atoms with E-state index in [0.717, 1.165) is 0 Å². The van der Waals surface area contributed by atoms with E-state index < -0.39 is 30.1 Å². The van der Waals surface area contributed by atoms with Crippen molar-refractivity contribution < 1.29 is 38.8 Å². The number of hydrogen-bond donors (Lipinski definition) is 2. The standard InChI is InChI=1S/C9H14O6.C3H8O2/c1-6(10)13-4-9(15-8(3)12)5-14-7(2)11;1-3(5)2-4/h9H,4-5H2,1-3H3;3-5H,2H2,1H3. The lowest BCUT2D eigenvalue weighted by atomic mass is 10.4. The highest BCUT2D eigenvalue weighted by molar-refractivity contribution is 5.67. The van der Waals surface area contributed by atoms with E-state index in [0.29, 0.717) is 0 Å². The fourth-order valence-corrected chi connectivity index (χ4v) is 0.771. The summed E-state index contributed by atoms with van der Waals surface area (Å²) in [6.07, 6.45) is -1.31. The van der Waals surface area contributed by atoms with Crippen molar-refractivity contribution in [3.05, 3.63) is 0 Å². The van der Waals surface area contributed by atoms with Gasteiger partial charge in [0.2, 0.25) is 0 Å². The van der Waals surface area contributed by atoms with Crippen molar-refractivity contribution in [1.29, 1.82) is 0 Å². The topological polar surface area (TPSA) is 119 Å². The SMILES string of the molecule is CC(=O)OCC(COC(C)=O)OC(C)=O.CC(O)CO. The summed E-state index contributed by atoms with van der Waals surface area (Å²) in [7, 11) is 0. The van der Waals surface area contributed by atoms with E-state index in [-0.39, 0.29) is 19.8 Å². The van der Waals surface area contributed by atoms with Crippen LogP contribution in [-0.2, 0) is 28.6 Å². The Morgan fingerprint density at radius 2 is 1.30 bits per heavy atom. The maximum atomic E-state index is 10.6. The van der Waals surface area contributed by atoms with Crippen molar-refractivity contribution >= 4 is 17.9 Å². The molecule has 0 fully saturated rings. The maximum absolute atomic E-state index is 10.6. The lowest BCUT2D eigenvalue weighted by Crippen LogP contribution is -2.29. The van der Waals surface area contributed by atoms with Gasteiger partial charge in [0.15, 0.2) is 6.10 Å². The molecular weight excluding hydrogens is 272 g/mol. The van der Waals surface area contributed by atoms with Crippen LogP contribution in [0, 0.1) is 0 Å². The van der Waals surface area contributed by atoms with Crippen molar-refractivity contribution in [3.8, 4) is 0 Å². The number of carbonyl (C=O) groups excluding carboxylic acids is 3. The maximum Gasteiger partial charge on any atom is 0.303 e. The summed E-state index contributed by atoms with van der Waals surface area (Å²) in [6, 6.07) is 0. The molecule has 1 atom stereocenters. The molecule has 20 heavy (non-hydrogen) atoms. The lowest BCUT2D eigenvalue weighted by molar-refractivity contribution is -0.163. The van der Waals surface area contributed by atoms with Gasteiger partial charge in [-0.25, -0.2) is 0 Å². The molecule has 8 nitrogen and oxygen atoms in total. The average Bonchev–Trinajstić information content (AvgIpc) is 2.32. The molecule has 0 radical (unpaired) electrons. The largest absolute Gasteiger partial charge is 0.462 e. The minimum Gasteiger partial charge on any atom is -0.462 e. The molecule has 1 unspecified atom stereocenters. The fourth-order valence-electron chi connectivity index (χ4n) is 0.771. The van der Waals surface area contributed by atoms with Crippen molar-refractivity contribution in [2.24, 2.45) is 0 Å². The van der Waals surface area contributed by atoms with Gasteiger partial charge in [0.1, 0.15) is 13.2 Å². The highest BCUT2D eigenvalue weighted by Gasteiger charge is 2.15. The number of aliphatic hydroxyl groups excluding tert-OH is 2. The van der Waals surface area contributed by atoms with Crippen LogP contribution in [0.2, 0.25) is 0 Å². The number of rotatable bonds is 6. The normalized spacial score (nSPS) is 10.9. The van der Waals surface area contributed by atoms with Crippen LogP contribution in [-0.4, -0.2) is 60.1 Å². The monoisotopic (exact) mass is 294 g/mol. The summed E-state index contributed by atoms with van der Waals surface area (Å²) in [4.78, 5) is 31.6. The predicted octanol–water partition coefficient (Wildman–Crippen LogP) is -0.596. The summed E-state index contributed by atoms with van der Waals surface area (Å²) in [5.74, 6) is -1.51. The van der Waals surface area contributed by atoms with Crippen LogP contribution in [0.3, 0.4) is 0 Å². The van der Waals surface area contributed by atoms with Gasteiger partial charge in [-0.1, -0.05) is 0 Å². The Hall–Kier alpha value is -1.67. The second-order valence-corrected chi connectivity index (χ2v) is 3.87. The smallest absolute Gasteiger partial charge is 0.303 e. The van der Waals surface area contributed by atoms with Crippen LogP contribution in [0.1, 0.15) is 27.7 Å². The van der Waals surface area contributed by atoms with Gasteiger partial charge in [0.05, 0.1) is 12.7 Å². The van der Waals surface area contributed by atoms with E-state index in [9.17, 15) is 14.4 Å². The fraction of sp³-hybridized carbons (Fsp3) is 0.750. The lowest BCUT2D eigenvalue weighted by Gasteiger charge is -2.15. The third kappa shape index (κ3) is 18.7. The Morgan fingerprint density at radius 1 is 0.950 bits per heavy atom. The van der Waals surface area contributed by atoms with Crippen LogP contribution in [0.4, 0.5) is 0 Å². The number of ether oxygens (including phenoxy) is 3. The van der Waals surface area contributed by atoms with E-state index in [4.69, 9.17) is 14.9 Å². The first-order chi connectivity index (χ1) is 9.18. The quantitative estimate of drug-likeness (QED) is 0.492. The highest BCUT2D eigenvalue weighted by Crippen LogP contribution is 1.97. The third-order valence-corrected chi connectivity index (χ3v) is 1.54. The van der Waals surface area contributed by atoms with Gasteiger partial charge < -0.3 is 24.4 Å². The Labute approximate surface area is 117 Å². The van der Waals surface area contributed by atoms with Crippen LogP contribution in [0.5, 0.6) is 0 Å². The first kappa shape index (κ1) is 20.6. The van der Waals surface area contributed by atoms with Gasteiger partial charge in [0, 0.05) is 20.8 Å². The summed E-state index contributed by atoms with van der Waals surface area (Å²) < 4.78 is 14.0. The number of hydrogen-bond acceptors (Lipinski definition) is 8. The van der Waals surface area contributed by atoms with Gasteiger partial charge in [-0.2, -0.15) is 0 Å². The first-order valence-electron chi connectivity index (χ1n) is 5.91. The molecule has 8 heteroatoms. The van der Waals surface area contributed by atoms with Crippen molar-refractivity contribution in [2.75, 3.05) is 19.8 Å². The zero-order chi connectivity index (χ0) is 16.1. The Kier molecular flexibility index (Phi) is 12.8. The summed E-state index contributed by atoms with van der Waals surface area (Å²) in [5, 5.41) is 16.0. The molecule has 0 aliphatic carbocycles. The van der Waals surface area contributed by atoms with Gasteiger partial charge >= 0.3 is 17.9 Å². The van der Waals surface area contributed by atoms with E-state index in [1.165, 1.54) is 27.7 Å². The molecule has 2 N–H and O–H groups in total.